The third kappa shape index (κ3) is 3.97. The molecule has 1 aliphatic rings. The molecule has 3 atom stereocenters. The first-order chi connectivity index (χ1) is 6.69. The molecule has 0 heterocycles. The van der Waals surface area contributed by atoms with Crippen LogP contribution in [0.15, 0.2) is 0 Å². The summed E-state index contributed by atoms with van der Waals surface area (Å²) in [5.74, 6) is 5.77. The number of nitrogens with two attached hydrogens (primary N) is 1. The van der Waals surface area contributed by atoms with Crippen molar-refractivity contribution in [1.82, 2.24) is 5.43 Å². The van der Waals surface area contributed by atoms with Gasteiger partial charge in [-0.1, -0.05) is 6.92 Å². The van der Waals surface area contributed by atoms with Crippen LogP contribution in [0.25, 0.3) is 0 Å². The predicted octanol–water partition coefficient (Wildman–Crippen LogP) is 1.24. The summed E-state index contributed by atoms with van der Waals surface area (Å²) in [5, 5.41) is 0. The Bertz CT molecular complexity index is 202. The standard InChI is InChI=1S/C10H20N2O2.ClH/c1-3-14-10(13)9-5-4-8(12-11)6-7(9)2;/h7-9,12H,3-6,11H2,1-2H3;1H/t7-,8+,9+;/m1./s1. The number of carbonyl (C=O) groups excluding carboxylic acids is 1. The van der Waals surface area contributed by atoms with Crippen LogP contribution >= 0.6 is 12.4 Å². The van der Waals surface area contributed by atoms with Gasteiger partial charge in [0, 0.05) is 6.04 Å². The van der Waals surface area contributed by atoms with Crippen molar-refractivity contribution in [2.45, 2.75) is 39.2 Å². The first-order valence-electron chi connectivity index (χ1n) is 5.31. The van der Waals surface area contributed by atoms with E-state index in [-0.39, 0.29) is 24.3 Å². The van der Waals surface area contributed by atoms with Crippen molar-refractivity contribution in [3.8, 4) is 0 Å². The van der Waals surface area contributed by atoms with Gasteiger partial charge in [0.25, 0.3) is 0 Å². The van der Waals surface area contributed by atoms with Gasteiger partial charge in [-0.15, -0.1) is 12.4 Å². The fourth-order valence-electron chi connectivity index (χ4n) is 2.15. The maximum Gasteiger partial charge on any atom is 0.309 e. The van der Waals surface area contributed by atoms with Crippen LogP contribution in [0.3, 0.4) is 0 Å². The lowest BCUT2D eigenvalue weighted by Crippen LogP contribution is -2.42. The molecular weight excluding hydrogens is 216 g/mol. The number of carbonyl (C=O) groups is 1. The number of halogens is 1. The number of rotatable bonds is 3. The van der Waals surface area contributed by atoms with Crippen molar-refractivity contribution in [1.29, 1.82) is 0 Å². The lowest BCUT2D eigenvalue weighted by atomic mass is 9.78. The van der Waals surface area contributed by atoms with Crippen LogP contribution in [0.4, 0.5) is 0 Å². The lowest BCUT2D eigenvalue weighted by molar-refractivity contribution is -0.151. The fraction of sp³-hybridized carbons (Fsp3) is 0.900. The molecule has 90 valence electrons. The second kappa shape index (κ2) is 7.04. The molecule has 0 amide bonds. The average Bonchev–Trinajstić information content (AvgIpc) is 2.17. The third-order valence-electron chi connectivity index (χ3n) is 2.99. The van der Waals surface area contributed by atoms with Gasteiger partial charge >= 0.3 is 5.97 Å². The first kappa shape index (κ1) is 14.7. The van der Waals surface area contributed by atoms with Crippen LogP contribution in [0.2, 0.25) is 0 Å². The predicted molar refractivity (Wildman–Crippen MR) is 61.5 cm³/mol. The summed E-state index contributed by atoms with van der Waals surface area (Å²) >= 11 is 0. The molecule has 15 heavy (non-hydrogen) atoms. The minimum absolute atomic E-state index is 0. The van der Waals surface area contributed by atoms with Crippen molar-refractivity contribution < 1.29 is 9.53 Å². The van der Waals surface area contributed by atoms with Crippen LogP contribution in [0.1, 0.15) is 33.1 Å². The van der Waals surface area contributed by atoms with Gasteiger partial charge in [-0.05, 0) is 32.1 Å². The summed E-state index contributed by atoms with van der Waals surface area (Å²) in [5.41, 5.74) is 2.77. The van der Waals surface area contributed by atoms with Gasteiger partial charge in [-0.3, -0.25) is 16.1 Å². The molecule has 0 aliphatic heterocycles. The SMILES string of the molecule is CCOC(=O)[C@H]1CC[C@H](NN)C[C@H]1C.Cl. The number of nitrogens with one attached hydrogen (secondary N) is 1. The quantitative estimate of drug-likeness (QED) is 0.440. The van der Waals surface area contributed by atoms with E-state index in [1.54, 1.807) is 0 Å². The molecule has 0 aromatic rings. The molecule has 0 aromatic carbocycles. The fourth-order valence-corrected chi connectivity index (χ4v) is 2.15. The highest BCUT2D eigenvalue weighted by atomic mass is 35.5. The Kier molecular flexibility index (Phi) is 6.89. The average molecular weight is 237 g/mol. The maximum atomic E-state index is 11.5. The molecule has 0 unspecified atom stereocenters. The third-order valence-corrected chi connectivity index (χ3v) is 2.99. The van der Waals surface area contributed by atoms with Crippen LogP contribution in [-0.2, 0) is 9.53 Å². The molecule has 0 spiro atoms. The van der Waals surface area contributed by atoms with Gasteiger partial charge in [-0.2, -0.15) is 0 Å². The molecule has 1 aliphatic carbocycles. The van der Waals surface area contributed by atoms with E-state index in [9.17, 15) is 4.79 Å². The minimum Gasteiger partial charge on any atom is -0.466 e. The second-order valence-electron chi connectivity index (χ2n) is 4.01. The summed E-state index contributed by atoms with van der Waals surface area (Å²) in [6.45, 7) is 4.40. The van der Waals surface area contributed by atoms with Crippen molar-refractivity contribution >= 4 is 18.4 Å². The van der Waals surface area contributed by atoms with Crippen LogP contribution in [0, 0.1) is 11.8 Å². The highest BCUT2D eigenvalue weighted by Crippen LogP contribution is 2.30. The Morgan fingerprint density at radius 2 is 2.20 bits per heavy atom. The van der Waals surface area contributed by atoms with E-state index in [1.165, 1.54) is 0 Å². The summed E-state index contributed by atoms with van der Waals surface area (Å²) in [4.78, 5) is 11.5. The van der Waals surface area contributed by atoms with Gasteiger partial charge in [0.15, 0.2) is 0 Å². The topological polar surface area (TPSA) is 64.3 Å². The van der Waals surface area contributed by atoms with Crippen LogP contribution < -0.4 is 11.3 Å². The largest absolute Gasteiger partial charge is 0.466 e. The van der Waals surface area contributed by atoms with Gasteiger partial charge in [-0.25, -0.2) is 0 Å². The van der Waals surface area contributed by atoms with E-state index in [4.69, 9.17) is 10.6 Å². The van der Waals surface area contributed by atoms with E-state index in [1.807, 2.05) is 6.92 Å². The summed E-state index contributed by atoms with van der Waals surface area (Å²) < 4.78 is 5.03. The van der Waals surface area contributed by atoms with E-state index in [2.05, 4.69) is 12.3 Å². The zero-order chi connectivity index (χ0) is 10.6. The molecule has 0 saturated heterocycles. The molecule has 1 fully saturated rings. The van der Waals surface area contributed by atoms with Gasteiger partial charge in [0.2, 0.25) is 0 Å². The number of ether oxygens (including phenoxy) is 1. The molecule has 1 saturated carbocycles. The molecule has 3 N–H and O–H groups in total. The summed E-state index contributed by atoms with van der Waals surface area (Å²) in [6, 6.07) is 0.357. The summed E-state index contributed by atoms with van der Waals surface area (Å²) in [6.07, 6.45) is 2.80. The van der Waals surface area contributed by atoms with Gasteiger partial charge in [0.1, 0.15) is 0 Å². The van der Waals surface area contributed by atoms with Crippen molar-refractivity contribution in [3.63, 3.8) is 0 Å². The molecule has 4 nitrogen and oxygen atoms in total. The van der Waals surface area contributed by atoms with E-state index >= 15 is 0 Å². The number of hydrogen-bond acceptors (Lipinski definition) is 4. The van der Waals surface area contributed by atoms with Gasteiger partial charge in [0.05, 0.1) is 12.5 Å². The Balaban J connectivity index is 0.00000196. The van der Waals surface area contributed by atoms with Gasteiger partial charge < -0.3 is 4.74 Å². The van der Waals surface area contributed by atoms with Crippen LogP contribution in [-0.4, -0.2) is 18.6 Å². The molecule has 5 heteroatoms. The van der Waals surface area contributed by atoms with Crippen molar-refractivity contribution in [3.05, 3.63) is 0 Å². The van der Waals surface area contributed by atoms with E-state index < -0.39 is 0 Å². The zero-order valence-corrected chi connectivity index (χ0v) is 10.2. The number of esters is 1. The Labute approximate surface area is 97.3 Å². The molecule has 0 bridgehead atoms. The lowest BCUT2D eigenvalue weighted by Gasteiger charge is -2.32. The molecule has 0 aromatic heterocycles. The maximum absolute atomic E-state index is 11.5. The van der Waals surface area contributed by atoms with E-state index in [0.29, 0.717) is 18.6 Å². The van der Waals surface area contributed by atoms with E-state index in [0.717, 1.165) is 19.3 Å². The zero-order valence-electron chi connectivity index (χ0n) is 9.36. The second-order valence-corrected chi connectivity index (χ2v) is 4.01. The molecule has 1 rings (SSSR count). The Hall–Kier alpha value is -0.320. The minimum atomic E-state index is -0.0459. The monoisotopic (exact) mass is 236 g/mol. The number of hydrazine groups is 1. The normalized spacial score (nSPS) is 30.5. The Morgan fingerprint density at radius 3 is 2.67 bits per heavy atom. The van der Waals surface area contributed by atoms with Crippen LogP contribution in [0.5, 0.6) is 0 Å². The molecular formula is C10H21ClN2O2. The van der Waals surface area contributed by atoms with Crippen molar-refractivity contribution in [2.75, 3.05) is 6.61 Å². The van der Waals surface area contributed by atoms with Crippen molar-refractivity contribution in [2.24, 2.45) is 17.7 Å². The highest BCUT2D eigenvalue weighted by molar-refractivity contribution is 5.85. The Morgan fingerprint density at radius 1 is 1.53 bits per heavy atom. The highest BCUT2D eigenvalue weighted by Gasteiger charge is 2.32. The number of hydrogen-bond donors (Lipinski definition) is 2. The summed E-state index contributed by atoms with van der Waals surface area (Å²) in [7, 11) is 0. The first-order valence-corrected chi connectivity index (χ1v) is 5.31. The smallest absolute Gasteiger partial charge is 0.309 e. The molecule has 0 radical (unpaired) electrons.